The van der Waals surface area contributed by atoms with Gasteiger partial charge in [-0.1, -0.05) is 17.3 Å². The first-order valence-corrected chi connectivity index (χ1v) is 5.93. The minimum atomic E-state index is -0.213. The summed E-state index contributed by atoms with van der Waals surface area (Å²) in [5.74, 6) is 1.05. The molecule has 1 aromatic heterocycles. The Balaban J connectivity index is 1.83. The van der Waals surface area contributed by atoms with E-state index >= 15 is 0 Å². The Morgan fingerprint density at radius 2 is 2.28 bits per heavy atom. The Morgan fingerprint density at radius 3 is 2.94 bits per heavy atom. The van der Waals surface area contributed by atoms with Gasteiger partial charge in [0.15, 0.2) is 5.82 Å². The summed E-state index contributed by atoms with van der Waals surface area (Å²) < 4.78 is 17.9. The fraction of sp³-hybridized carbons (Fsp3) is 0.385. The van der Waals surface area contributed by atoms with E-state index in [2.05, 4.69) is 15.5 Å². The molecule has 1 N–H and O–H groups in total. The van der Waals surface area contributed by atoms with Gasteiger partial charge in [0.25, 0.3) is 0 Å². The van der Waals surface area contributed by atoms with Crippen molar-refractivity contribution in [2.24, 2.45) is 0 Å². The molecule has 18 heavy (non-hydrogen) atoms. The summed E-state index contributed by atoms with van der Waals surface area (Å²) in [5.41, 5.74) is 0.930. The minimum absolute atomic E-state index is 0.0914. The molecule has 0 fully saturated rings. The lowest BCUT2D eigenvalue weighted by molar-refractivity contribution is 0.386. The van der Waals surface area contributed by atoms with Crippen LogP contribution in [0, 0.1) is 12.7 Å². The summed E-state index contributed by atoms with van der Waals surface area (Å²) in [6.07, 6.45) is 0.691. The third-order valence-corrected chi connectivity index (χ3v) is 2.72. The highest BCUT2D eigenvalue weighted by Gasteiger charge is 2.07. The van der Waals surface area contributed by atoms with E-state index in [1.807, 2.05) is 13.0 Å². The van der Waals surface area contributed by atoms with Gasteiger partial charge in [0.05, 0.1) is 0 Å². The van der Waals surface area contributed by atoms with Crippen LogP contribution in [0.3, 0.4) is 0 Å². The molecule has 0 aliphatic carbocycles. The van der Waals surface area contributed by atoms with Crippen LogP contribution >= 0.6 is 0 Å². The second kappa shape index (κ2) is 5.73. The summed E-state index contributed by atoms with van der Waals surface area (Å²) in [7, 11) is 0. The SMILES string of the molecule is Cc1nc(CCNC(C)c2cccc(F)c2)no1. The Bertz CT molecular complexity index is 512. The predicted molar refractivity (Wildman–Crippen MR) is 65.6 cm³/mol. The number of rotatable bonds is 5. The number of halogens is 1. The maximum absolute atomic E-state index is 13.1. The molecule has 2 aromatic rings. The van der Waals surface area contributed by atoms with E-state index in [0.717, 1.165) is 12.1 Å². The fourth-order valence-corrected chi connectivity index (χ4v) is 1.74. The van der Waals surface area contributed by atoms with Crippen LogP contribution < -0.4 is 5.32 Å². The first kappa shape index (κ1) is 12.7. The second-order valence-corrected chi connectivity index (χ2v) is 4.21. The molecular formula is C13H16FN3O. The maximum atomic E-state index is 13.1. The molecule has 0 saturated heterocycles. The lowest BCUT2D eigenvalue weighted by Gasteiger charge is -2.13. The second-order valence-electron chi connectivity index (χ2n) is 4.21. The zero-order chi connectivity index (χ0) is 13.0. The first-order chi connectivity index (χ1) is 8.65. The van der Waals surface area contributed by atoms with Gasteiger partial charge in [-0.05, 0) is 24.6 Å². The Hall–Kier alpha value is -1.75. The molecular weight excluding hydrogens is 233 g/mol. The van der Waals surface area contributed by atoms with Crippen molar-refractivity contribution in [3.05, 3.63) is 47.4 Å². The number of hydrogen-bond donors (Lipinski definition) is 1. The molecule has 1 atom stereocenters. The highest BCUT2D eigenvalue weighted by atomic mass is 19.1. The number of benzene rings is 1. The molecule has 96 valence electrons. The van der Waals surface area contributed by atoms with Crippen molar-refractivity contribution in [2.45, 2.75) is 26.3 Å². The van der Waals surface area contributed by atoms with Crippen LogP contribution in [0.5, 0.6) is 0 Å². The Morgan fingerprint density at radius 1 is 1.44 bits per heavy atom. The number of aromatic nitrogens is 2. The molecule has 0 radical (unpaired) electrons. The van der Waals surface area contributed by atoms with Gasteiger partial charge in [-0.2, -0.15) is 4.98 Å². The van der Waals surface area contributed by atoms with Crippen molar-refractivity contribution in [1.82, 2.24) is 15.5 Å². The average molecular weight is 249 g/mol. The lowest BCUT2D eigenvalue weighted by Crippen LogP contribution is -2.21. The monoisotopic (exact) mass is 249 g/mol. The summed E-state index contributed by atoms with van der Waals surface area (Å²) in [4.78, 5) is 4.12. The van der Waals surface area contributed by atoms with E-state index in [1.54, 1.807) is 13.0 Å². The van der Waals surface area contributed by atoms with Crippen LogP contribution in [-0.2, 0) is 6.42 Å². The topological polar surface area (TPSA) is 51.0 Å². The van der Waals surface area contributed by atoms with Crippen LogP contribution in [0.25, 0.3) is 0 Å². The molecule has 4 nitrogen and oxygen atoms in total. The normalized spacial score (nSPS) is 12.6. The first-order valence-electron chi connectivity index (χ1n) is 5.93. The van der Waals surface area contributed by atoms with Crippen LogP contribution in [-0.4, -0.2) is 16.7 Å². The van der Waals surface area contributed by atoms with Crippen LogP contribution in [0.2, 0.25) is 0 Å². The van der Waals surface area contributed by atoms with E-state index in [0.29, 0.717) is 18.1 Å². The van der Waals surface area contributed by atoms with E-state index in [1.165, 1.54) is 12.1 Å². The largest absolute Gasteiger partial charge is 0.340 e. The van der Waals surface area contributed by atoms with Gasteiger partial charge in [-0.25, -0.2) is 4.39 Å². The van der Waals surface area contributed by atoms with E-state index < -0.39 is 0 Å². The van der Waals surface area contributed by atoms with Crippen molar-refractivity contribution in [3.63, 3.8) is 0 Å². The molecule has 0 bridgehead atoms. The van der Waals surface area contributed by atoms with E-state index in [-0.39, 0.29) is 11.9 Å². The number of aryl methyl sites for hydroxylation is 1. The fourth-order valence-electron chi connectivity index (χ4n) is 1.74. The molecule has 5 heteroatoms. The van der Waals surface area contributed by atoms with Crippen molar-refractivity contribution < 1.29 is 8.91 Å². The smallest absolute Gasteiger partial charge is 0.223 e. The Kier molecular flexibility index (Phi) is 4.04. The zero-order valence-electron chi connectivity index (χ0n) is 10.5. The molecule has 1 aromatic carbocycles. The van der Waals surface area contributed by atoms with Gasteiger partial charge in [-0.3, -0.25) is 0 Å². The van der Waals surface area contributed by atoms with Crippen molar-refractivity contribution >= 4 is 0 Å². The van der Waals surface area contributed by atoms with Crippen LogP contribution in [0.15, 0.2) is 28.8 Å². The lowest BCUT2D eigenvalue weighted by atomic mass is 10.1. The van der Waals surface area contributed by atoms with Gasteiger partial charge >= 0.3 is 0 Å². The van der Waals surface area contributed by atoms with Gasteiger partial charge in [0, 0.05) is 25.9 Å². The van der Waals surface area contributed by atoms with Gasteiger partial charge in [0.1, 0.15) is 5.82 Å². The van der Waals surface area contributed by atoms with Crippen LogP contribution in [0.1, 0.15) is 30.2 Å². The van der Waals surface area contributed by atoms with Gasteiger partial charge < -0.3 is 9.84 Å². The average Bonchev–Trinajstić information content (AvgIpc) is 2.75. The third kappa shape index (κ3) is 3.37. The molecule has 1 unspecified atom stereocenters. The molecule has 2 rings (SSSR count). The number of nitrogens with one attached hydrogen (secondary N) is 1. The van der Waals surface area contributed by atoms with Gasteiger partial charge in [-0.15, -0.1) is 0 Å². The molecule has 0 aliphatic rings. The molecule has 0 spiro atoms. The van der Waals surface area contributed by atoms with Gasteiger partial charge in [0.2, 0.25) is 5.89 Å². The van der Waals surface area contributed by atoms with Crippen molar-refractivity contribution in [2.75, 3.05) is 6.54 Å². The minimum Gasteiger partial charge on any atom is -0.340 e. The van der Waals surface area contributed by atoms with Crippen LogP contribution in [0.4, 0.5) is 4.39 Å². The summed E-state index contributed by atoms with van der Waals surface area (Å²) in [5, 5.41) is 7.11. The number of nitrogens with zero attached hydrogens (tertiary/aromatic N) is 2. The van der Waals surface area contributed by atoms with Crippen molar-refractivity contribution in [1.29, 1.82) is 0 Å². The molecule has 0 saturated carbocycles. The predicted octanol–water partition coefficient (Wildman–Crippen LogP) is 2.41. The highest BCUT2D eigenvalue weighted by molar-refractivity contribution is 5.19. The standard InChI is InChI=1S/C13H16FN3O/c1-9(11-4-3-5-12(14)8-11)15-7-6-13-16-10(2)18-17-13/h3-5,8-9,15H,6-7H2,1-2H3. The quantitative estimate of drug-likeness (QED) is 0.884. The highest BCUT2D eigenvalue weighted by Crippen LogP contribution is 2.13. The molecule has 1 heterocycles. The summed E-state index contributed by atoms with van der Waals surface area (Å²) >= 11 is 0. The zero-order valence-corrected chi connectivity index (χ0v) is 10.5. The van der Waals surface area contributed by atoms with E-state index in [9.17, 15) is 4.39 Å². The maximum Gasteiger partial charge on any atom is 0.223 e. The van der Waals surface area contributed by atoms with E-state index in [4.69, 9.17) is 4.52 Å². The number of hydrogen-bond acceptors (Lipinski definition) is 4. The summed E-state index contributed by atoms with van der Waals surface area (Å²) in [6.45, 7) is 4.48. The van der Waals surface area contributed by atoms with Crippen molar-refractivity contribution in [3.8, 4) is 0 Å². The Labute approximate surface area is 105 Å². The molecule has 0 amide bonds. The third-order valence-electron chi connectivity index (χ3n) is 2.72. The summed E-state index contributed by atoms with van der Waals surface area (Å²) in [6, 6.07) is 6.69. The molecule has 0 aliphatic heterocycles.